The number of amides is 2. The Morgan fingerprint density at radius 2 is 1.54 bits per heavy atom. The van der Waals surface area contributed by atoms with E-state index in [0.717, 1.165) is 41.9 Å². The molecule has 0 aromatic heterocycles. The van der Waals surface area contributed by atoms with E-state index in [0.29, 0.717) is 12.2 Å². The number of para-hydroxylation sites is 1. The first kappa shape index (κ1) is 24.5. The highest BCUT2D eigenvalue weighted by molar-refractivity contribution is 6.39. The topological polar surface area (TPSA) is 64.7 Å². The molecule has 0 fully saturated rings. The van der Waals surface area contributed by atoms with Crippen molar-refractivity contribution in [1.29, 1.82) is 0 Å². The van der Waals surface area contributed by atoms with Gasteiger partial charge in [0.2, 0.25) is 0 Å². The fourth-order valence-electron chi connectivity index (χ4n) is 4.69. The Morgan fingerprint density at radius 1 is 0.886 bits per heavy atom. The van der Waals surface area contributed by atoms with E-state index in [1.807, 2.05) is 46.1 Å². The lowest BCUT2D eigenvalue weighted by molar-refractivity contribution is -0.136. The molecule has 1 atom stereocenters. The van der Waals surface area contributed by atoms with Gasteiger partial charge in [0.15, 0.2) is 0 Å². The summed E-state index contributed by atoms with van der Waals surface area (Å²) >= 11 is 0. The number of nitrogens with one attached hydrogen (secondary N) is 2. The van der Waals surface area contributed by atoms with Crippen molar-refractivity contribution >= 4 is 23.2 Å². The highest BCUT2D eigenvalue weighted by Gasteiger charge is 2.26. The van der Waals surface area contributed by atoms with E-state index in [1.165, 1.54) is 11.1 Å². The van der Waals surface area contributed by atoms with Gasteiger partial charge >= 0.3 is 11.8 Å². The van der Waals surface area contributed by atoms with Crippen LogP contribution < -0.4 is 15.5 Å². The molecule has 2 amide bonds. The molecule has 6 heteroatoms. The SMILES string of the molecule is Cc1cccc(C)c1NC(=O)C(=O)NCC(c1ccc(N(C)C)cc1)N1CCc2ccccc2C1. The van der Waals surface area contributed by atoms with Crippen molar-refractivity contribution in [1.82, 2.24) is 10.2 Å². The Balaban J connectivity index is 1.50. The summed E-state index contributed by atoms with van der Waals surface area (Å²) in [6.07, 6.45) is 0.962. The van der Waals surface area contributed by atoms with Crippen molar-refractivity contribution in [2.75, 3.05) is 37.4 Å². The number of rotatable bonds is 6. The minimum absolute atomic E-state index is 0.0449. The molecule has 182 valence electrons. The zero-order valence-electron chi connectivity index (χ0n) is 21.0. The molecule has 0 bridgehead atoms. The molecule has 1 aliphatic heterocycles. The number of aryl methyl sites for hydroxylation is 2. The smallest absolute Gasteiger partial charge is 0.313 e. The summed E-state index contributed by atoms with van der Waals surface area (Å²) in [6.45, 7) is 5.88. The average molecular weight is 471 g/mol. The van der Waals surface area contributed by atoms with Gasteiger partial charge in [0, 0.05) is 45.1 Å². The van der Waals surface area contributed by atoms with Gasteiger partial charge in [-0.25, -0.2) is 0 Å². The van der Waals surface area contributed by atoms with Crippen LogP contribution in [0.25, 0.3) is 0 Å². The Morgan fingerprint density at radius 3 is 2.20 bits per heavy atom. The summed E-state index contributed by atoms with van der Waals surface area (Å²) in [7, 11) is 4.03. The van der Waals surface area contributed by atoms with Gasteiger partial charge in [0.1, 0.15) is 0 Å². The predicted octanol–water partition coefficient (Wildman–Crippen LogP) is 4.22. The molecule has 6 nitrogen and oxygen atoms in total. The molecule has 3 aromatic rings. The van der Waals surface area contributed by atoms with Gasteiger partial charge in [-0.2, -0.15) is 0 Å². The van der Waals surface area contributed by atoms with Crippen LogP contribution in [0.3, 0.4) is 0 Å². The fraction of sp³-hybridized carbons (Fsp3) is 0.310. The number of nitrogens with zero attached hydrogens (tertiary/aromatic N) is 2. The van der Waals surface area contributed by atoms with Crippen LogP contribution in [0.4, 0.5) is 11.4 Å². The zero-order valence-corrected chi connectivity index (χ0v) is 21.0. The Labute approximate surface area is 207 Å². The molecule has 1 aliphatic rings. The monoisotopic (exact) mass is 470 g/mol. The largest absolute Gasteiger partial charge is 0.378 e. The molecule has 1 heterocycles. The molecule has 0 spiro atoms. The van der Waals surface area contributed by atoms with E-state index in [-0.39, 0.29) is 6.04 Å². The first-order valence-corrected chi connectivity index (χ1v) is 12.1. The summed E-state index contributed by atoms with van der Waals surface area (Å²) in [5.74, 6) is -1.27. The van der Waals surface area contributed by atoms with Crippen LogP contribution in [0.1, 0.15) is 33.9 Å². The third kappa shape index (κ3) is 5.72. The van der Waals surface area contributed by atoms with Gasteiger partial charge in [-0.3, -0.25) is 14.5 Å². The van der Waals surface area contributed by atoms with E-state index >= 15 is 0 Å². The maximum atomic E-state index is 12.8. The lowest BCUT2D eigenvalue weighted by atomic mass is 9.96. The molecular formula is C29H34N4O2. The summed E-state index contributed by atoms with van der Waals surface area (Å²) in [4.78, 5) is 29.9. The van der Waals surface area contributed by atoms with E-state index in [9.17, 15) is 9.59 Å². The van der Waals surface area contributed by atoms with Crippen molar-refractivity contribution < 1.29 is 9.59 Å². The van der Waals surface area contributed by atoms with Crippen LogP contribution in [0.5, 0.6) is 0 Å². The first-order valence-electron chi connectivity index (χ1n) is 12.1. The number of fused-ring (bicyclic) bond motifs is 1. The van der Waals surface area contributed by atoms with Crippen LogP contribution in [0.15, 0.2) is 66.7 Å². The number of benzene rings is 3. The molecule has 0 aliphatic carbocycles. The standard InChI is InChI=1S/C29H34N4O2/c1-20-8-7-9-21(2)27(20)31-29(35)28(34)30-18-26(23-12-14-25(15-13-23)32(3)4)33-17-16-22-10-5-6-11-24(22)19-33/h5-15,26H,16-19H2,1-4H3,(H,30,34)(H,31,35). The summed E-state index contributed by atoms with van der Waals surface area (Å²) in [5.41, 5.74) is 7.47. The lowest BCUT2D eigenvalue weighted by Crippen LogP contribution is -2.43. The quantitative estimate of drug-likeness (QED) is 0.530. The predicted molar refractivity (Wildman–Crippen MR) is 142 cm³/mol. The molecule has 0 saturated carbocycles. The summed E-state index contributed by atoms with van der Waals surface area (Å²) < 4.78 is 0. The van der Waals surface area contributed by atoms with Crippen LogP contribution in [-0.2, 0) is 22.6 Å². The maximum absolute atomic E-state index is 12.8. The second kappa shape index (κ2) is 10.7. The van der Waals surface area contributed by atoms with Crippen LogP contribution >= 0.6 is 0 Å². The fourth-order valence-corrected chi connectivity index (χ4v) is 4.69. The number of carbonyl (C=O) groups is 2. The van der Waals surface area contributed by atoms with Crippen molar-refractivity contribution in [3.8, 4) is 0 Å². The van der Waals surface area contributed by atoms with E-state index in [1.54, 1.807) is 0 Å². The molecule has 0 saturated heterocycles. The minimum Gasteiger partial charge on any atom is -0.378 e. The van der Waals surface area contributed by atoms with Crippen molar-refractivity contribution in [3.63, 3.8) is 0 Å². The third-order valence-corrected chi connectivity index (χ3v) is 6.78. The van der Waals surface area contributed by atoms with E-state index in [2.05, 4.69) is 69.0 Å². The van der Waals surface area contributed by atoms with Gasteiger partial charge in [0.25, 0.3) is 0 Å². The van der Waals surface area contributed by atoms with Crippen LogP contribution in [0, 0.1) is 13.8 Å². The number of anilines is 2. The molecular weight excluding hydrogens is 436 g/mol. The van der Waals surface area contributed by atoms with Crippen LogP contribution in [0.2, 0.25) is 0 Å². The van der Waals surface area contributed by atoms with Crippen LogP contribution in [-0.4, -0.2) is 43.9 Å². The van der Waals surface area contributed by atoms with Gasteiger partial charge in [0.05, 0.1) is 6.04 Å². The second-order valence-corrected chi connectivity index (χ2v) is 9.42. The van der Waals surface area contributed by atoms with Crippen molar-refractivity contribution in [3.05, 3.63) is 94.5 Å². The van der Waals surface area contributed by atoms with Crippen molar-refractivity contribution in [2.24, 2.45) is 0 Å². The molecule has 3 aromatic carbocycles. The zero-order chi connectivity index (χ0) is 24.9. The Kier molecular flexibility index (Phi) is 7.51. The van der Waals surface area contributed by atoms with Gasteiger partial charge in [-0.1, -0.05) is 54.6 Å². The van der Waals surface area contributed by atoms with Crippen molar-refractivity contribution in [2.45, 2.75) is 32.9 Å². The average Bonchev–Trinajstić information content (AvgIpc) is 2.86. The lowest BCUT2D eigenvalue weighted by Gasteiger charge is -2.36. The molecule has 2 N–H and O–H groups in total. The minimum atomic E-state index is -0.645. The summed E-state index contributed by atoms with van der Waals surface area (Å²) in [5, 5.41) is 5.68. The number of hydrogen-bond acceptors (Lipinski definition) is 4. The van der Waals surface area contributed by atoms with Gasteiger partial charge in [-0.05, 0) is 60.2 Å². The molecule has 1 unspecified atom stereocenters. The Hall–Kier alpha value is -3.64. The molecule has 0 radical (unpaired) electrons. The third-order valence-electron chi connectivity index (χ3n) is 6.78. The molecule has 4 rings (SSSR count). The second-order valence-electron chi connectivity index (χ2n) is 9.42. The van der Waals surface area contributed by atoms with Gasteiger partial charge in [-0.15, -0.1) is 0 Å². The molecule has 35 heavy (non-hydrogen) atoms. The maximum Gasteiger partial charge on any atom is 0.313 e. The summed E-state index contributed by atoms with van der Waals surface area (Å²) in [6, 6.07) is 22.7. The van der Waals surface area contributed by atoms with E-state index in [4.69, 9.17) is 0 Å². The Bertz CT molecular complexity index is 1180. The highest BCUT2D eigenvalue weighted by atomic mass is 16.2. The first-order chi connectivity index (χ1) is 16.8. The highest BCUT2D eigenvalue weighted by Crippen LogP contribution is 2.29. The van der Waals surface area contributed by atoms with E-state index < -0.39 is 11.8 Å². The number of hydrogen-bond donors (Lipinski definition) is 2. The van der Waals surface area contributed by atoms with Gasteiger partial charge < -0.3 is 15.5 Å². The normalized spacial score (nSPS) is 14.1. The number of carbonyl (C=O) groups excluding carboxylic acids is 2.